The number of aromatic amines is 1. The van der Waals surface area contributed by atoms with Gasteiger partial charge in [-0.25, -0.2) is 0 Å². The van der Waals surface area contributed by atoms with Crippen molar-refractivity contribution in [3.05, 3.63) is 59.4 Å². The predicted octanol–water partition coefficient (Wildman–Crippen LogP) is 2.67. The molecule has 0 fully saturated rings. The number of benzene rings is 1. The summed E-state index contributed by atoms with van der Waals surface area (Å²) < 4.78 is 5.15. The highest BCUT2D eigenvalue weighted by Crippen LogP contribution is 2.21. The van der Waals surface area contributed by atoms with Gasteiger partial charge in [0.1, 0.15) is 0 Å². The second-order valence-corrected chi connectivity index (χ2v) is 6.69. The van der Waals surface area contributed by atoms with Crippen molar-refractivity contribution in [2.75, 3.05) is 0 Å². The van der Waals surface area contributed by atoms with Crippen LogP contribution in [0.5, 0.6) is 0 Å². The molecular weight excluding hydrogens is 366 g/mol. The molecule has 0 saturated heterocycles. The molecule has 2 amide bonds. The Kier molecular flexibility index (Phi) is 4.67. The first-order chi connectivity index (χ1) is 13.2. The lowest BCUT2D eigenvalue weighted by Crippen LogP contribution is -2.41. The van der Waals surface area contributed by atoms with Crippen LogP contribution in [0.25, 0.3) is 21.6 Å². The fourth-order valence-electron chi connectivity index (χ4n) is 2.60. The molecule has 1 aromatic carbocycles. The Bertz CT molecular complexity index is 1080. The van der Waals surface area contributed by atoms with Gasteiger partial charge in [-0.05, 0) is 17.5 Å². The molecule has 4 rings (SSSR count). The van der Waals surface area contributed by atoms with Crippen molar-refractivity contribution in [1.82, 2.24) is 26.0 Å². The highest BCUT2D eigenvalue weighted by molar-refractivity contribution is 7.13. The van der Waals surface area contributed by atoms with E-state index >= 15 is 0 Å². The van der Waals surface area contributed by atoms with Crippen molar-refractivity contribution >= 4 is 34.1 Å². The molecule has 0 aliphatic carbocycles. The Labute approximate surface area is 157 Å². The molecule has 3 heterocycles. The molecule has 0 aliphatic rings. The summed E-state index contributed by atoms with van der Waals surface area (Å²) in [5, 5.41) is 6.61. The van der Waals surface area contributed by atoms with Crippen LogP contribution < -0.4 is 10.9 Å². The molecule has 0 spiro atoms. The molecule has 0 bridgehead atoms. The second kappa shape index (κ2) is 7.42. The molecule has 0 aliphatic heterocycles. The van der Waals surface area contributed by atoms with E-state index in [1.165, 1.54) is 11.3 Å². The second-order valence-electron chi connectivity index (χ2n) is 5.74. The number of amides is 2. The first-order valence-electron chi connectivity index (χ1n) is 8.22. The smallest absolute Gasteiger partial charge is 0.271 e. The van der Waals surface area contributed by atoms with Gasteiger partial charge in [-0.3, -0.25) is 20.4 Å². The number of hydrazine groups is 1. The van der Waals surface area contributed by atoms with Gasteiger partial charge in [0.2, 0.25) is 17.6 Å². The van der Waals surface area contributed by atoms with Crippen molar-refractivity contribution in [3.8, 4) is 10.7 Å². The van der Waals surface area contributed by atoms with Gasteiger partial charge in [-0.2, -0.15) is 4.98 Å². The number of nitrogens with zero attached hydrogens (tertiary/aromatic N) is 2. The fraction of sp³-hybridized carbons (Fsp3) is 0.111. The quantitative estimate of drug-likeness (QED) is 0.460. The van der Waals surface area contributed by atoms with E-state index in [0.717, 1.165) is 15.8 Å². The average molecular weight is 381 g/mol. The van der Waals surface area contributed by atoms with Crippen molar-refractivity contribution in [1.29, 1.82) is 0 Å². The fourth-order valence-corrected chi connectivity index (χ4v) is 3.25. The Hall–Kier alpha value is -3.46. The van der Waals surface area contributed by atoms with Gasteiger partial charge in [-0.1, -0.05) is 29.4 Å². The monoisotopic (exact) mass is 381 g/mol. The maximum absolute atomic E-state index is 12.2. The predicted molar refractivity (Wildman–Crippen MR) is 99.8 cm³/mol. The van der Waals surface area contributed by atoms with Gasteiger partial charge < -0.3 is 9.51 Å². The summed E-state index contributed by atoms with van der Waals surface area (Å²) in [7, 11) is 0. The van der Waals surface area contributed by atoms with Crippen molar-refractivity contribution in [2.24, 2.45) is 0 Å². The van der Waals surface area contributed by atoms with Gasteiger partial charge in [0.15, 0.2) is 0 Å². The summed E-state index contributed by atoms with van der Waals surface area (Å²) in [6, 6.07) is 11.2. The minimum Gasteiger partial charge on any atom is -0.360 e. The van der Waals surface area contributed by atoms with Crippen LogP contribution in [0, 0.1) is 0 Å². The Morgan fingerprint density at radius 3 is 2.89 bits per heavy atom. The van der Waals surface area contributed by atoms with E-state index in [1.54, 1.807) is 6.20 Å². The SMILES string of the molecule is O=C(CCc1nc(-c2cccs2)no1)NNC(=O)c1c[nH]c2ccccc12. The lowest BCUT2D eigenvalue weighted by atomic mass is 10.2. The third kappa shape index (κ3) is 3.72. The van der Waals surface area contributed by atoms with Crippen LogP contribution in [0.3, 0.4) is 0 Å². The minimum absolute atomic E-state index is 0.111. The molecule has 3 aromatic heterocycles. The van der Waals surface area contributed by atoms with E-state index in [2.05, 4.69) is 26.0 Å². The van der Waals surface area contributed by atoms with Crippen LogP contribution in [0.4, 0.5) is 0 Å². The number of hydrogen-bond donors (Lipinski definition) is 3. The normalized spacial score (nSPS) is 10.8. The molecular formula is C18H15N5O3S. The number of rotatable bonds is 5. The standard InChI is InChI=1S/C18H15N5O3S/c24-15(7-8-16-20-17(23-26-16)14-6-3-9-27-14)21-22-18(25)12-10-19-13-5-2-1-4-11(12)13/h1-6,9-10,19H,7-8H2,(H,21,24)(H,22,25). The van der Waals surface area contributed by atoms with E-state index in [-0.39, 0.29) is 18.7 Å². The molecule has 8 nitrogen and oxygen atoms in total. The zero-order valence-corrected chi connectivity index (χ0v) is 14.9. The van der Waals surface area contributed by atoms with Gasteiger partial charge in [-0.15, -0.1) is 11.3 Å². The van der Waals surface area contributed by atoms with Gasteiger partial charge in [0.05, 0.1) is 10.4 Å². The molecule has 0 atom stereocenters. The summed E-state index contributed by atoms with van der Waals surface area (Å²) in [6.45, 7) is 0. The number of hydrogen-bond acceptors (Lipinski definition) is 6. The minimum atomic E-state index is -0.390. The maximum Gasteiger partial charge on any atom is 0.271 e. The van der Waals surface area contributed by atoms with Crippen molar-refractivity contribution < 1.29 is 14.1 Å². The Morgan fingerprint density at radius 2 is 2.04 bits per heavy atom. The van der Waals surface area contributed by atoms with Gasteiger partial charge >= 0.3 is 0 Å². The van der Waals surface area contributed by atoms with Crippen molar-refractivity contribution in [3.63, 3.8) is 0 Å². The van der Waals surface area contributed by atoms with Crippen molar-refractivity contribution in [2.45, 2.75) is 12.8 Å². The number of aromatic nitrogens is 3. The molecule has 0 saturated carbocycles. The molecule has 0 unspecified atom stereocenters. The summed E-state index contributed by atoms with van der Waals surface area (Å²) >= 11 is 1.51. The van der Waals surface area contributed by atoms with E-state index in [4.69, 9.17) is 4.52 Å². The first-order valence-corrected chi connectivity index (χ1v) is 9.10. The molecule has 27 heavy (non-hydrogen) atoms. The Morgan fingerprint density at radius 1 is 1.15 bits per heavy atom. The maximum atomic E-state index is 12.2. The topological polar surface area (TPSA) is 113 Å². The Balaban J connectivity index is 1.29. The number of thiophene rings is 1. The number of carbonyl (C=O) groups is 2. The van der Waals surface area contributed by atoms with E-state index in [9.17, 15) is 9.59 Å². The number of carbonyl (C=O) groups excluding carboxylic acids is 2. The number of aryl methyl sites for hydroxylation is 1. The molecule has 0 radical (unpaired) electrons. The molecule has 136 valence electrons. The van der Waals surface area contributed by atoms with E-state index < -0.39 is 5.91 Å². The van der Waals surface area contributed by atoms with Crippen LogP contribution >= 0.6 is 11.3 Å². The van der Waals surface area contributed by atoms with E-state index in [1.807, 2.05) is 41.8 Å². The number of H-pyrrole nitrogens is 1. The highest BCUT2D eigenvalue weighted by atomic mass is 32.1. The van der Waals surface area contributed by atoms with Crippen LogP contribution in [0.1, 0.15) is 22.7 Å². The lowest BCUT2D eigenvalue weighted by molar-refractivity contribution is -0.121. The average Bonchev–Trinajstić information content (AvgIpc) is 3.44. The number of para-hydroxylation sites is 1. The van der Waals surface area contributed by atoms with Crippen LogP contribution in [0.15, 0.2) is 52.5 Å². The highest BCUT2D eigenvalue weighted by Gasteiger charge is 2.14. The molecule has 3 N–H and O–H groups in total. The number of fused-ring (bicyclic) bond motifs is 1. The largest absolute Gasteiger partial charge is 0.360 e. The van der Waals surface area contributed by atoms with Crippen LogP contribution in [0.2, 0.25) is 0 Å². The zero-order chi connectivity index (χ0) is 18.6. The third-order valence-corrected chi connectivity index (χ3v) is 4.79. The van der Waals surface area contributed by atoms with Crippen LogP contribution in [-0.2, 0) is 11.2 Å². The summed E-state index contributed by atoms with van der Waals surface area (Å²) in [6.07, 6.45) is 2.00. The van der Waals surface area contributed by atoms with Crippen LogP contribution in [-0.4, -0.2) is 26.9 Å². The summed E-state index contributed by atoms with van der Waals surface area (Å²) in [5.74, 6) is 0.141. The van der Waals surface area contributed by atoms with Gasteiger partial charge in [0, 0.05) is 29.9 Å². The summed E-state index contributed by atoms with van der Waals surface area (Å²) in [5.41, 5.74) is 6.13. The lowest BCUT2D eigenvalue weighted by Gasteiger charge is -2.05. The first kappa shape index (κ1) is 17.0. The molecule has 9 heteroatoms. The number of nitrogens with one attached hydrogen (secondary N) is 3. The third-order valence-electron chi connectivity index (χ3n) is 3.92. The summed E-state index contributed by atoms with van der Waals surface area (Å²) in [4.78, 5) is 32.4. The van der Waals surface area contributed by atoms with Gasteiger partial charge in [0.25, 0.3) is 5.91 Å². The molecule has 4 aromatic rings. The van der Waals surface area contributed by atoms with E-state index in [0.29, 0.717) is 17.3 Å². The zero-order valence-electron chi connectivity index (χ0n) is 14.1.